The Morgan fingerprint density at radius 2 is 1.81 bits per heavy atom. The number of carbonyl (C=O) groups is 3. The van der Waals surface area contributed by atoms with Crippen molar-refractivity contribution in [2.24, 2.45) is 0 Å². The van der Waals surface area contributed by atoms with Gasteiger partial charge in [0.25, 0.3) is 5.91 Å². The number of fused-ring (bicyclic) bond motifs is 1. The highest BCUT2D eigenvalue weighted by Gasteiger charge is 2.34. The zero-order valence-corrected chi connectivity index (χ0v) is 15.3. The Hall–Kier alpha value is -3.15. The van der Waals surface area contributed by atoms with Gasteiger partial charge in [-0.25, -0.2) is 9.59 Å². The molecule has 0 spiro atoms. The molecule has 0 radical (unpaired) electrons. The molecule has 0 N–H and O–H groups in total. The molecule has 6 heteroatoms. The van der Waals surface area contributed by atoms with Crippen LogP contribution >= 0.6 is 0 Å². The second kappa shape index (κ2) is 8.03. The molecule has 0 saturated carbocycles. The molecule has 2 atom stereocenters. The Bertz CT molecular complexity index is 849. The zero-order valence-electron chi connectivity index (χ0n) is 15.3. The molecule has 2 aromatic rings. The summed E-state index contributed by atoms with van der Waals surface area (Å²) in [5.74, 6) is -1.60. The fraction of sp³-hybridized carbons (Fsp3) is 0.286. The SMILES string of the molecule is C[C@@H](OC(=O)[C@@H]1Cc2ccccc2C(=O)O1)C(=O)N(C)Cc1ccccc1. The summed E-state index contributed by atoms with van der Waals surface area (Å²) in [6.07, 6.45) is -1.77. The van der Waals surface area contributed by atoms with E-state index in [0.29, 0.717) is 12.1 Å². The summed E-state index contributed by atoms with van der Waals surface area (Å²) in [5, 5.41) is 0. The summed E-state index contributed by atoms with van der Waals surface area (Å²) in [4.78, 5) is 38.4. The summed E-state index contributed by atoms with van der Waals surface area (Å²) in [6, 6.07) is 16.5. The topological polar surface area (TPSA) is 72.9 Å². The first kappa shape index (κ1) is 18.6. The number of amides is 1. The standard InChI is InChI=1S/C21H21NO5/c1-14(19(23)22(2)13-15-8-4-3-5-9-15)26-21(25)18-12-16-10-6-7-11-17(16)20(24)27-18/h3-11,14,18H,12-13H2,1-2H3/t14-,18+/m1/s1. The van der Waals surface area contributed by atoms with Crippen molar-refractivity contribution < 1.29 is 23.9 Å². The van der Waals surface area contributed by atoms with Crippen molar-refractivity contribution in [3.05, 3.63) is 71.3 Å². The van der Waals surface area contributed by atoms with Crippen LogP contribution in [0, 0.1) is 0 Å². The summed E-state index contributed by atoms with van der Waals surface area (Å²) in [6.45, 7) is 1.92. The van der Waals surface area contributed by atoms with Crippen molar-refractivity contribution in [3.8, 4) is 0 Å². The van der Waals surface area contributed by atoms with E-state index in [9.17, 15) is 14.4 Å². The van der Waals surface area contributed by atoms with Gasteiger partial charge in [0.2, 0.25) is 6.10 Å². The molecule has 0 aromatic heterocycles. The normalized spacial score (nSPS) is 16.7. The smallest absolute Gasteiger partial charge is 0.348 e. The molecule has 0 aliphatic carbocycles. The number of nitrogens with zero attached hydrogens (tertiary/aromatic N) is 1. The first-order valence-electron chi connectivity index (χ1n) is 8.74. The van der Waals surface area contributed by atoms with E-state index in [-0.39, 0.29) is 12.3 Å². The van der Waals surface area contributed by atoms with Gasteiger partial charge in [-0.05, 0) is 24.1 Å². The highest BCUT2D eigenvalue weighted by atomic mass is 16.6. The molecular formula is C21H21NO5. The Labute approximate surface area is 157 Å². The molecule has 3 rings (SSSR count). The fourth-order valence-corrected chi connectivity index (χ4v) is 3.01. The predicted molar refractivity (Wildman–Crippen MR) is 97.8 cm³/mol. The number of hydrogen-bond donors (Lipinski definition) is 0. The van der Waals surface area contributed by atoms with Gasteiger partial charge >= 0.3 is 11.9 Å². The molecular weight excluding hydrogens is 346 g/mol. The van der Waals surface area contributed by atoms with E-state index in [2.05, 4.69) is 0 Å². The monoisotopic (exact) mass is 367 g/mol. The van der Waals surface area contributed by atoms with Crippen molar-refractivity contribution in [3.63, 3.8) is 0 Å². The van der Waals surface area contributed by atoms with Gasteiger partial charge < -0.3 is 14.4 Å². The van der Waals surface area contributed by atoms with Crippen LogP contribution in [0.5, 0.6) is 0 Å². The highest BCUT2D eigenvalue weighted by Crippen LogP contribution is 2.21. The van der Waals surface area contributed by atoms with Crippen LogP contribution in [0.15, 0.2) is 54.6 Å². The molecule has 0 saturated heterocycles. The van der Waals surface area contributed by atoms with Crippen molar-refractivity contribution in [1.82, 2.24) is 4.90 Å². The fourth-order valence-electron chi connectivity index (χ4n) is 3.01. The van der Waals surface area contributed by atoms with Gasteiger partial charge in [-0.2, -0.15) is 0 Å². The molecule has 6 nitrogen and oxygen atoms in total. The van der Waals surface area contributed by atoms with Crippen LogP contribution in [0.4, 0.5) is 0 Å². The summed E-state index contributed by atoms with van der Waals surface area (Å²) in [5.41, 5.74) is 2.16. The van der Waals surface area contributed by atoms with Gasteiger partial charge in [-0.3, -0.25) is 4.79 Å². The van der Waals surface area contributed by atoms with Gasteiger partial charge in [0.05, 0.1) is 5.56 Å². The van der Waals surface area contributed by atoms with Crippen LogP contribution in [0.3, 0.4) is 0 Å². The second-order valence-corrected chi connectivity index (χ2v) is 6.51. The maximum Gasteiger partial charge on any atom is 0.348 e. The lowest BCUT2D eigenvalue weighted by Crippen LogP contribution is -2.41. The van der Waals surface area contributed by atoms with Gasteiger partial charge in [-0.15, -0.1) is 0 Å². The average molecular weight is 367 g/mol. The lowest BCUT2D eigenvalue weighted by Gasteiger charge is -2.26. The maximum atomic E-state index is 12.5. The highest BCUT2D eigenvalue weighted by molar-refractivity contribution is 5.95. The van der Waals surface area contributed by atoms with Crippen LogP contribution in [0.1, 0.15) is 28.4 Å². The third-order valence-corrected chi connectivity index (χ3v) is 4.43. The molecule has 2 aromatic carbocycles. The molecule has 1 aliphatic heterocycles. The average Bonchev–Trinajstić information content (AvgIpc) is 2.68. The van der Waals surface area contributed by atoms with Crippen LogP contribution in [-0.4, -0.2) is 42.0 Å². The Kier molecular flexibility index (Phi) is 5.54. The number of esters is 2. The minimum Gasteiger partial charge on any atom is -0.450 e. The van der Waals surface area contributed by atoms with E-state index in [1.165, 1.54) is 11.8 Å². The van der Waals surface area contributed by atoms with Gasteiger partial charge in [0, 0.05) is 20.0 Å². The van der Waals surface area contributed by atoms with E-state index >= 15 is 0 Å². The maximum absolute atomic E-state index is 12.5. The lowest BCUT2D eigenvalue weighted by atomic mass is 9.99. The van der Waals surface area contributed by atoms with Crippen molar-refractivity contribution in [1.29, 1.82) is 0 Å². The lowest BCUT2D eigenvalue weighted by molar-refractivity contribution is -0.166. The molecule has 140 valence electrons. The van der Waals surface area contributed by atoms with Gasteiger partial charge in [-0.1, -0.05) is 48.5 Å². The summed E-state index contributed by atoms with van der Waals surface area (Å²) >= 11 is 0. The molecule has 27 heavy (non-hydrogen) atoms. The minimum atomic E-state index is -1.04. The quantitative estimate of drug-likeness (QED) is 0.759. The molecule has 0 fully saturated rings. The van der Waals surface area contributed by atoms with E-state index in [0.717, 1.165) is 11.1 Å². The van der Waals surface area contributed by atoms with E-state index in [4.69, 9.17) is 9.47 Å². The zero-order chi connectivity index (χ0) is 19.4. The largest absolute Gasteiger partial charge is 0.450 e. The number of carbonyl (C=O) groups excluding carboxylic acids is 3. The van der Waals surface area contributed by atoms with Crippen molar-refractivity contribution in [2.75, 3.05) is 7.05 Å². The third kappa shape index (κ3) is 4.34. The Balaban J connectivity index is 1.59. The molecule has 0 unspecified atom stereocenters. The van der Waals surface area contributed by atoms with Gasteiger partial charge in [0.15, 0.2) is 6.10 Å². The number of rotatable bonds is 5. The summed E-state index contributed by atoms with van der Waals surface area (Å²) < 4.78 is 10.4. The first-order chi connectivity index (χ1) is 13.0. The molecule has 1 aliphatic rings. The van der Waals surface area contributed by atoms with E-state index < -0.39 is 24.1 Å². The number of ether oxygens (including phenoxy) is 2. The molecule has 0 bridgehead atoms. The van der Waals surface area contributed by atoms with Crippen LogP contribution in [0.25, 0.3) is 0 Å². The van der Waals surface area contributed by atoms with E-state index in [1.807, 2.05) is 30.3 Å². The third-order valence-electron chi connectivity index (χ3n) is 4.43. The Morgan fingerprint density at radius 3 is 2.56 bits per heavy atom. The number of benzene rings is 2. The van der Waals surface area contributed by atoms with Crippen LogP contribution in [-0.2, 0) is 32.0 Å². The van der Waals surface area contributed by atoms with Gasteiger partial charge in [0.1, 0.15) is 0 Å². The van der Waals surface area contributed by atoms with Crippen LogP contribution < -0.4 is 0 Å². The van der Waals surface area contributed by atoms with Crippen molar-refractivity contribution in [2.45, 2.75) is 32.1 Å². The second-order valence-electron chi connectivity index (χ2n) is 6.51. The van der Waals surface area contributed by atoms with Crippen LogP contribution in [0.2, 0.25) is 0 Å². The first-order valence-corrected chi connectivity index (χ1v) is 8.74. The number of likely N-dealkylation sites (N-methyl/N-ethyl adjacent to an activating group) is 1. The van der Waals surface area contributed by atoms with Crippen molar-refractivity contribution >= 4 is 17.8 Å². The predicted octanol–water partition coefficient (Wildman–Crippen LogP) is 2.36. The summed E-state index contributed by atoms with van der Waals surface area (Å²) in [7, 11) is 1.65. The molecule has 1 heterocycles. The molecule has 1 amide bonds. The minimum absolute atomic E-state index is 0.238. The van der Waals surface area contributed by atoms with E-state index in [1.54, 1.807) is 31.3 Å². The Morgan fingerprint density at radius 1 is 1.15 bits per heavy atom. The number of hydrogen-bond acceptors (Lipinski definition) is 5. The number of cyclic esters (lactones) is 1.